The molecule has 12 atom stereocenters. The van der Waals surface area contributed by atoms with Crippen LogP contribution in [-0.2, 0) is 67.7 Å². The minimum atomic E-state index is -0.853. The number of carbonyl (C=O) groups excluding carboxylic acids is 8. The lowest BCUT2D eigenvalue weighted by Crippen LogP contribution is -2.61. The topological polar surface area (TPSA) is 324 Å². The Kier molecular flexibility index (Phi) is 42.3. The Bertz CT molecular complexity index is 3120. The molecule has 27 nitrogen and oxygen atoms in total. The molecule has 0 aromatic heterocycles. The smallest absolute Gasteiger partial charge is 0.397 e. The monoisotopic (exact) mass is 1520 g/mol. The summed E-state index contributed by atoms with van der Waals surface area (Å²) in [6, 6.07) is 19.5. The van der Waals surface area contributed by atoms with Crippen molar-refractivity contribution in [2.45, 2.75) is 157 Å². The van der Waals surface area contributed by atoms with Gasteiger partial charge in [-0.25, -0.2) is 55.8 Å². The van der Waals surface area contributed by atoms with Crippen LogP contribution in [-0.4, -0.2) is 200 Å². The molecule has 0 spiro atoms. The molecule has 8 aliphatic rings. The van der Waals surface area contributed by atoms with Gasteiger partial charge in [0.25, 0.3) is 0 Å². The van der Waals surface area contributed by atoms with Crippen LogP contribution >= 0.6 is 20.3 Å². The fourth-order valence-corrected chi connectivity index (χ4v) is 14.7. The molecule has 29 heteroatoms. The first-order valence-electron chi connectivity index (χ1n) is 35.4. The lowest BCUT2D eigenvalue weighted by atomic mass is 9.77. The predicted octanol–water partition coefficient (Wildman–Crippen LogP) is 6.19. The molecule has 4 fully saturated rings. The molecule has 8 heterocycles. The van der Waals surface area contributed by atoms with Crippen LogP contribution in [0.2, 0.25) is 0 Å². The summed E-state index contributed by atoms with van der Waals surface area (Å²) in [6.45, 7) is 35.7. The second-order valence-corrected chi connectivity index (χ2v) is 29.7. The summed E-state index contributed by atoms with van der Waals surface area (Å²) in [7, 11) is 11.1. The van der Waals surface area contributed by atoms with Crippen molar-refractivity contribution in [3.05, 3.63) is 146 Å². The number of rotatable bonds is 28. The Morgan fingerprint density at radius 3 is 0.906 bits per heavy atom. The van der Waals surface area contributed by atoms with Crippen molar-refractivity contribution in [2.24, 2.45) is 47.3 Å². The molecule has 0 bridgehead atoms. The van der Waals surface area contributed by atoms with Crippen LogP contribution in [0.15, 0.2) is 146 Å². The first-order chi connectivity index (χ1) is 49.3. The number of hydrogen-bond donors (Lipinski definition) is 7. The van der Waals surface area contributed by atoms with Gasteiger partial charge in [-0.1, -0.05) is 134 Å². The summed E-state index contributed by atoms with van der Waals surface area (Å²) >= 11 is 0. The lowest BCUT2D eigenvalue weighted by Gasteiger charge is -2.39. The van der Waals surface area contributed by atoms with Gasteiger partial charge in [0.1, 0.15) is 49.9 Å². The van der Waals surface area contributed by atoms with Crippen LogP contribution in [0, 0.1) is 47.3 Å². The second kappa shape index (κ2) is 47.4. The summed E-state index contributed by atoms with van der Waals surface area (Å²) in [4.78, 5) is 123. The number of hydrogen-bond acceptors (Lipinski definition) is 22. The van der Waals surface area contributed by atoms with Crippen molar-refractivity contribution >= 4 is 83.7 Å². The predicted molar refractivity (Wildman–Crippen MR) is 416 cm³/mol. The number of ketones is 4. The molecule has 4 unspecified atom stereocenters. The number of nitrogens with one attached hydrogen (secondary N) is 7. The Morgan fingerprint density at radius 1 is 0.453 bits per heavy atom. The summed E-state index contributed by atoms with van der Waals surface area (Å²) < 4.78 is 1.85. The van der Waals surface area contributed by atoms with E-state index in [1.165, 1.54) is 31.9 Å². The Balaban J connectivity index is 0.000000453. The highest BCUT2D eigenvalue weighted by atomic mass is 35.5. The number of benzene rings is 2. The standard InChI is InChI=1S/C26H31N3O2P.3C13H21N3O2.3C4H8O2.ClH.H2O/c1-18(2)25-23(16-24(30)22-15-19(3)28(4)27-22)29(26(25)31)17-32(20-11-7-5-8-12-20)21-13-9-6-10-14-21;3*1-7(2)12-10(14-13(12)18)6-11(17)9-5-8(3)16(4)15-9;3*1-3-4-6-5-2;;/h5-15,17-18,22-23,25,27H,16H2,1-4H3;3*5,7,9-10,12,15H,6H2,1-4H3,(H,14,18);3*3H,1,4H2,2H3;1H;1H2/q+1;;;;;;;;/t22?,23-,25-;3*9?,10-,12-;;;;;/m1111...../s1. The first-order valence-corrected chi connectivity index (χ1v) is 36.8. The van der Waals surface area contributed by atoms with E-state index < -0.39 is 7.92 Å². The van der Waals surface area contributed by atoms with Crippen LogP contribution < -0.4 is 48.3 Å². The van der Waals surface area contributed by atoms with Crippen LogP contribution in [0.4, 0.5) is 0 Å². The third kappa shape index (κ3) is 28.0. The first kappa shape index (κ1) is 94.6. The molecule has 0 saturated carbocycles. The molecule has 2 aromatic carbocycles. The van der Waals surface area contributed by atoms with Crippen molar-refractivity contribution in [3.8, 4) is 0 Å². The van der Waals surface area contributed by atoms with Crippen molar-refractivity contribution in [3.63, 3.8) is 0 Å². The van der Waals surface area contributed by atoms with E-state index >= 15 is 0 Å². The minimum Gasteiger partial charge on any atom is -0.412 e. The van der Waals surface area contributed by atoms with Gasteiger partial charge in [-0.15, -0.1) is 32.1 Å². The van der Waals surface area contributed by atoms with Gasteiger partial charge < -0.3 is 41.5 Å². The van der Waals surface area contributed by atoms with E-state index in [1.54, 1.807) is 18.2 Å². The van der Waals surface area contributed by atoms with Gasteiger partial charge in [0, 0.05) is 96.3 Å². The summed E-state index contributed by atoms with van der Waals surface area (Å²) in [5.74, 6) is 3.85. The normalized spacial score (nSPS) is 24.6. The highest BCUT2D eigenvalue weighted by molar-refractivity contribution is 7.85. The SMILES string of the molecule is C=CCOOC.C=CCOOC.C=CCOOC.CC1=CC(C(=O)C[C@@H]2[C@@H](C(C)C)C(=O)[N+]2=CP(c2ccccc2)c2ccccc2)NN1C.CC1=CC(C(=O)C[C@H]2NC(=O)[C@@H]2C(C)C)NN1C.CC1=CC(C(=O)C[C@H]2NC(=O)[C@@H]2C(C)C)NN1C.CC1=CC(C(=O)C[C@H]2NC(=O)[C@@H]2C(C)C)NN1C.Cl.O. The van der Waals surface area contributed by atoms with Crippen LogP contribution in [0.1, 0.15) is 109 Å². The highest BCUT2D eigenvalue weighted by Gasteiger charge is 2.57. The number of allylic oxidation sites excluding steroid dienone is 4. The maximum absolute atomic E-state index is 13.2. The second-order valence-electron chi connectivity index (χ2n) is 27.7. The van der Waals surface area contributed by atoms with E-state index in [1.807, 2.05) is 183 Å². The van der Waals surface area contributed by atoms with E-state index in [4.69, 9.17) is 0 Å². The van der Waals surface area contributed by atoms with Crippen molar-refractivity contribution in [1.82, 2.24) is 57.7 Å². The number of hydrazine groups is 4. The maximum atomic E-state index is 13.2. The van der Waals surface area contributed by atoms with Gasteiger partial charge in [-0.2, -0.15) is 4.58 Å². The summed E-state index contributed by atoms with van der Waals surface area (Å²) in [5.41, 5.74) is 16.7. The average Bonchev–Trinajstić information content (AvgIpc) is 1.14. The van der Waals surface area contributed by atoms with Crippen LogP contribution in [0.5, 0.6) is 0 Å². The molecule has 590 valence electrons. The molecular formula is C77H121ClN12O15P+. The Hall–Kier alpha value is -7.47. The number of β-lactam (4-membered cyclic amide) rings is 4. The molecule has 10 rings (SSSR count). The largest absolute Gasteiger partial charge is 0.412 e. The third-order valence-corrected chi connectivity index (χ3v) is 20.9. The maximum Gasteiger partial charge on any atom is 0.397 e. The molecule has 4 amide bonds. The third-order valence-electron chi connectivity index (χ3n) is 18.7. The molecule has 0 aliphatic carbocycles. The molecule has 9 N–H and O–H groups in total. The van der Waals surface area contributed by atoms with Gasteiger partial charge in [-0.3, -0.25) is 33.6 Å². The van der Waals surface area contributed by atoms with Crippen LogP contribution in [0.3, 0.4) is 0 Å². The van der Waals surface area contributed by atoms with Gasteiger partial charge in [0.2, 0.25) is 17.7 Å². The average molecular weight is 1520 g/mol. The molecule has 2 aromatic rings. The van der Waals surface area contributed by atoms with Gasteiger partial charge in [0.05, 0.1) is 45.5 Å². The number of amides is 4. The fraction of sp³-hybridized carbons (Fsp3) is 0.545. The van der Waals surface area contributed by atoms with E-state index in [0.29, 0.717) is 45.5 Å². The number of carbonyl (C=O) groups is 8. The van der Waals surface area contributed by atoms with Crippen LogP contribution in [0.25, 0.3) is 0 Å². The zero-order valence-electron chi connectivity index (χ0n) is 65.5. The van der Waals surface area contributed by atoms with E-state index in [2.05, 4.69) is 131 Å². The van der Waals surface area contributed by atoms with Gasteiger partial charge in [-0.05, 0) is 86.3 Å². The fourth-order valence-electron chi connectivity index (χ4n) is 12.6. The van der Waals surface area contributed by atoms with Gasteiger partial charge >= 0.3 is 5.91 Å². The van der Waals surface area contributed by atoms with Crippen molar-refractivity contribution in [1.29, 1.82) is 0 Å². The van der Waals surface area contributed by atoms with E-state index in [0.717, 1.165) is 22.8 Å². The number of halogens is 1. The zero-order valence-corrected chi connectivity index (χ0v) is 67.2. The number of nitrogens with zero attached hydrogens (tertiary/aromatic N) is 5. The number of Topliss-reactive ketones (excluding diaryl/α,β-unsaturated/α-hetero) is 4. The highest BCUT2D eigenvalue weighted by Crippen LogP contribution is 2.38. The van der Waals surface area contributed by atoms with Crippen molar-refractivity contribution in [2.75, 3.05) is 69.3 Å². The quantitative estimate of drug-likeness (QED) is 0.00950. The lowest BCUT2D eigenvalue weighted by molar-refractivity contribution is -0.545. The Labute approximate surface area is 635 Å². The molecule has 4 saturated heterocycles. The summed E-state index contributed by atoms with van der Waals surface area (Å²) in [5, 5.41) is 18.3. The Morgan fingerprint density at radius 2 is 0.708 bits per heavy atom. The molecule has 8 aliphatic heterocycles. The zero-order chi connectivity index (χ0) is 77.7. The summed E-state index contributed by atoms with van der Waals surface area (Å²) in [6.07, 6.45) is 14.1. The van der Waals surface area contributed by atoms with Crippen molar-refractivity contribution < 1.29 is 77.7 Å². The van der Waals surface area contributed by atoms with E-state index in [9.17, 15) is 38.4 Å². The van der Waals surface area contributed by atoms with Gasteiger partial charge in [0.15, 0.2) is 35.1 Å². The minimum absolute atomic E-state index is 0. The van der Waals surface area contributed by atoms with E-state index in [-0.39, 0.29) is 160 Å². The molecular weight excluding hydrogens is 1400 g/mol. The molecule has 106 heavy (non-hydrogen) atoms. The molecule has 0 radical (unpaired) electrons.